The Morgan fingerprint density at radius 2 is 2.14 bits per heavy atom. The highest BCUT2D eigenvalue weighted by Gasteiger charge is 2.41. The van der Waals surface area contributed by atoms with Crippen LogP contribution >= 0.6 is 0 Å². The molecule has 0 saturated carbocycles. The minimum atomic E-state index is -0.382. The molecule has 1 aromatic rings. The van der Waals surface area contributed by atoms with E-state index < -0.39 is 0 Å². The maximum Gasteiger partial charge on any atom is 0.246 e. The van der Waals surface area contributed by atoms with Gasteiger partial charge in [-0.15, -0.1) is 0 Å². The molecule has 5 nitrogen and oxygen atoms in total. The van der Waals surface area contributed by atoms with Crippen LogP contribution in [0, 0.1) is 5.82 Å². The lowest BCUT2D eigenvalue weighted by atomic mass is 10.1. The number of fused-ring (bicyclic) bond motifs is 1. The lowest BCUT2D eigenvalue weighted by molar-refractivity contribution is -0.154. The highest BCUT2D eigenvalue weighted by molar-refractivity contribution is 5.95. The number of halogens is 1. The zero-order chi connectivity index (χ0) is 15.0. The average molecular weight is 291 g/mol. The van der Waals surface area contributed by atoms with Gasteiger partial charge in [-0.3, -0.25) is 9.59 Å². The molecule has 2 aliphatic rings. The molecule has 2 heterocycles. The van der Waals surface area contributed by atoms with Crippen molar-refractivity contribution in [1.82, 2.24) is 9.80 Å². The van der Waals surface area contributed by atoms with Crippen LogP contribution in [0.25, 0.3) is 0 Å². The standard InChI is InChI=1S/C15H18FN3O2/c16-12-6-10(7-17)3-4-11(12)8-18-9-14(20)19-5-1-2-13(19)15(18)21/h3-4,6,13H,1-2,5,7-9,17H2. The quantitative estimate of drug-likeness (QED) is 0.887. The van der Waals surface area contributed by atoms with Crippen molar-refractivity contribution in [2.24, 2.45) is 5.73 Å². The third kappa shape index (κ3) is 2.51. The number of benzene rings is 1. The summed E-state index contributed by atoms with van der Waals surface area (Å²) in [5.41, 5.74) is 6.59. The number of amides is 2. The number of nitrogens with two attached hydrogens (primary N) is 1. The largest absolute Gasteiger partial charge is 0.329 e. The summed E-state index contributed by atoms with van der Waals surface area (Å²) in [5, 5.41) is 0. The first kappa shape index (κ1) is 14.0. The van der Waals surface area contributed by atoms with Gasteiger partial charge >= 0.3 is 0 Å². The zero-order valence-electron chi connectivity index (χ0n) is 11.7. The first-order chi connectivity index (χ1) is 10.1. The second kappa shape index (κ2) is 5.44. The Labute approximate surface area is 122 Å². The maximum atomic E-state index is 14.0. The highest BCUT2D eigenvalue weighted by Crippen LogP contribution is 2.25. The number of hydrogen-bond acceptors (Lipinski definition) is 3. The summed E-state index contributed by atoms with van der Waals surface area (Å²) < 4.78 is 14.0. The van der Waals surface area contributed by atoms with Gasteiger partial charge in [-0.05, 0) is 24.5 Å². The predicted molar refractivity (Wildman–Crippen MR) is 74.4 cm³/mol. The third-order valence-corrected chi connectivity index (χ3v) is 4.21. The van der Waals surface area contributed by atoms with E-state index in [1.807, 2.05) is 0 Å². The van der Waals surface area contributed by atoms with Gasteiger partial charge in [0.1, 0.15) is 18.4 Å². The van der Waals surface area contributed by atoms with E-state index >= 15 is 0 Å². The second-order valence-electron chi connectivity index (χ2n) is 5.57. The normalized spacial score (nSPS) is 21.9. The summed E-state index contributed by atoms with van der Waals surface area (Å²) in [6.45, 7) is 1.09. The van der Waals surface area contributed by atoms with E-state index in [9.17, 15) is 14.0 Å². The third-order valence-electron chi connectivity index (χ3n) is 4.21. The van der Waals surface area contributed by atoms with Gasteiger partial charge in [-0.2, -0.15) is 0 Å². The van der Waals surface area contributed by atoms with Gasteiger partial charge < -0.3 is 15.5 Å². The van der Waals surface area contributed by atoms with Crippen LogP contribution in [0.5, 0.6) is 0 Å². The lowest BCUT2D eigenvalue weighted by Crippen LogP contribution is -2.56. The molecular weight excluding hydrogens is 273 g/mol. The van der Waals surface area contributed by atoms with Crippen molar-refractivity contribution in [3.63, 3.8) is 0 Å². The van der Waals surface area contributed by atoms with Crippen molar-refractivity contribution in [3.8, 4) is 0 Å². The minimum Gasteiger partial charge on any atom is -0.329 e. The Morgan fingerprint density at radius 1 is 1.33 bits per heavy atom. The minimum absolute atomic E-state index is 0.0351. The first-order valence-electron chi connectivity index (χ1n) is 7.16. The molecule has 112 valence electrons. The molecule has 0 bridgehead atoms. The summed E-state index contributed by atoms with van der Waals surface area (Å²) in [5.74, 6) is -0.502. The number of hydrogen-bond donors (Lipinski definition) is 1. The molecule has 0 aromatic heterocycles. The fourth-order valence-electron chi connectivity index (χ4n) is 3.05. The highest BCUT2D eigenvalue weighted by atomic mass is 19.1. The van der Waals surface area contributed by atoms with E-state index in [0.717, 1.165) is 6.42 Å². The Hall–Kier alpha value is -1.95. The van der Waals surface area contributed by atoms with Crippen molar-refractivity contribution < 1.29 is 14.0 Å². The zero-order valence-corrected chi connectivity index (χ0v) is 11.7. The van der Waals surface area contributed by atoms with Crippen LogP contribution in [0.15, 0.2) is 18.2 Å². The van der Waals surface area contributed by atoms with E-state index in [1.54, 1.807) is 17.0 Å². The molecule has 2 amide bonds. The molecule has 1 aromatic carbocycles. The average Bonchev–Trinajstić information content (AvgIpc) is 2.96. The Kier molecular flexibility index (Phi) is 3.63. The Morgan fingerprint density at radius 3 is 2.86 bits per heavy atom. The number of carbonyl (C=O) groups is 2. The molecule has 2 aliphatic heterocycles. The van der Waals surface area contributed by atoms with Crippen molar-refractivity contribution in [2.75, 3.05) is 13.1 Å². The smallest absolute Gasteiger partial charge is 0.246 e. The van der Waals surface area contributed by atoms with Crippen LogP contribution in [0.2, 0.25) is 0 Å². The Bertz CT molecular complexity index is 590. The molecule has 21 heavy (non-hydrogen) atoms. The summed E-state index contributed by atoms with van der Waals surface area (Å²) in [7, 11) is 0. The molecule has 1 unspecified atom stereocenters. The van der Waals surface area contributed by atoms with Gasteiger partial charge in [0.15, 0.2) is 0 Å². The van der Waals surface area contributed by atoms with Crippen molar-refractivity contribution in [2.45, 2.75) is 32.0 Å². The van der Waals surface area contributed by atoms with Gasteiger partial charge in [0, 0.05) is 25.2 Å². The summed E-state index contributed by atoms with van der Waals surface area (Å²) in [6.07, 6.45) is 1.56. The van der Waals surface area contributed by atoms with E-state index in [0.29, 0.717) is 24.1 Å². The molecule has 2 saturated heterocycles. The van der Waals surface area contributed by atoms with Gasteiger partial charge in [-0.1, -0.05) is 12.1 Å². The van der Waals surface area contributed by atoms with E-state index in [-0.39, 0.29) is 43.3 Å². The number of piperazine rings is 1. The van der Waals surface area contributed by atoms with E-state index in [1.165, 1.54) is 11.0 Å². The molecule has 2 N–H and O–H groups in total. The van der Waals surface area contributed by atoms with Gasteiger partial charge in [0.25, 0.3) is 0 Å². The molecular formula is C15H18FN3O2. The van der Waals surface area contributed by atoms with Crippen LogP contribution < -0.4 is 5.73 Å². The first-order valence-corrected chi connectivity index (χ1v) is 7.16. The van der Waals surface area contributed by atoms with E-state index in [2.05, 4.69) is 0 Å². The summed E-state index contributed by atoms with van der Waals surface area (Å²) in [4.78, 5) is 27.5. The fourth-order valence-corrected chi connectivity index (χ4v) is 3.05. The molecule has 0 radical (unpaired) electrons. The molecule has 0 spiro atoms. The second-order valence-corrected chi connectivity index (χ2v) is 5.57. The van der Waals surface area contributed by atoms with E-state index in [4.69, 9.17) is 5.73 Å². The van der Waals surface area contributed by atoms with Crippen LogP contribution in [0.1, 0.15) is 24.0 Å². The van der Waals surface area contributed by atoms with Gasteiger partial charge in [0.05, 0.1) is 0 Å². The molecule has 2 fully saturated rings. The summed E-state index contributed by atoms with van der Waals surface area (Å²) >= 11 is 0. The maximum absolute atomic E-state index is 14.0. The topological polar surface area (TPSA) is 66.6 Å². The number of rotatable bonds is 3. The fraction of sp³-hybridized carbons (Fsp3) is 0.467. The molecule has 6 heteroatoms. The Balaban J connectivity index is 1.78. The lowest BCUT2D eigenvalue weighted by Gasteiger charge is -2.36. The van der Waals surface area contributed by atoms with Crippen LogP contribution in [0.4, 0.5) is 4.39 Å². The van der Waals surface area contributed by atoms with Crippen LogP contribution in [0.3, 0.4) is 0 Å². The van der Waals surface area contributed by atoms with Crippen molar-refractivity contribution in [3.05, 3.63) is 35.1 Å². The van der Waals surface area contributed by atoms with Crippen LogP contribution in [-0.2, 0) is 22.7 Å². The SMILES string of the molecule is NCc1ccc(CN2CC(=O)N3CCCC3C2=O)c(F)c1. The molecule has 0 aliphatic carbocycles. The van der Waals surface area contributed by atoms with Crippen LogP contribution in [-0.4, -0.2) is 40.7 Å². The molecule has 3 rings (SSSR count). The monoisotopic (exact) mass is 291 g/mol. The predicted octanol–water partition coefficient (Wildman–Crippen LogP) is 0.618. The van der Waals surface area contributed by atoms with Crippen molar-refractivity contribution >= 4 is 11.8 Å². The van der Waals surface area contributed by atoms with Gasteiger partial charge in [-0.25, -0.2) is 4.39 Å². The molecule has 1 atom stereocenters. The number of nitrogens with zero attached hydrogens (tertiary/aromatic N) is 2. The summed E-state index contributed by atoms with van der Waals surface area (Å²) in [6, 6.07) is 4.41. The van der Waals surface area contributed by atoms with Gasteiger partial charge in [0.2, 0.25) is 11.8 Å². The number of carbonyl (C=O) groups excluding carboxylic acids is 2. The van der Waals surface area contributed by atoms with Crippen molar-refractivity contribution in [1.29, 1.82) is 0 Å².